The summed E-state index contributed by atoms with van der Waals surface area (Å²) < 4.78 is 5.12. The number of fused-ring (bicyclic) bond motifs is 1. The fourth-order valence-electron chi connectivity index (χ4n) is 1.33. The highest BCUT2D eigenvalue weighted by atomic mass is 32.1. The lowest BCUT2D eigenvalue weighted by Crippen LogP contribution is -1.91. The molecule has 1 heterocycles. The van der Waals surface area contributed by atoms with Crippen molar-refractivity contribution in [3.63, 3.8) is 0 Å². The zero-order valence-corrected chi connectivity index (χ0v) is 8.88. The number of hydrogen-bond acceptors (Lipinski definition) is 4. The Labute approximate surface area is 87.6 Å². The molecule has 0 aliphatic rings. The van der Waals surface area contributed by atoms with Gasteiger partial charge in [-0.1, -0.05) is 0 Å². The molecule has 0 atom stereocenters. The number of rotatable bonds is 1. The summed E-state index contributed by atoms with van der Waals surface area (Å²) in [7, 11) is 1.64. The van der Waals surface area contributed by atoms with Gasteiger partial charge in [-0.2, -0.15) is 0 Å². The van der Waals surface area contributed by atoms with Crippen LogP contribution in [0.4, 0.5) is 0 Å². The molecule has 0 radical (unpaired) electrons. The zero-order valence-electron chi connectivity index (χ0n) is 7.98. The summed E-state index contributed by atoms with van der Waals surface area (Å²) in [5.41, 5.74) is 0.863. The number of aromatic nitrogens is 2. The molecule has 0 aliphatic heterocycles. The van der Waals surface area contributed by atoms with Crippen molar-refractivity contribution >= 4 is 23.5 Å². The van der Waals surface area contributed by atoms with Crippen molar-refractivity contribution in [2.75, 3.05) is 7.11 Å². The first kappa shape index (κ1) is 9.27. The van der Waals surface area contributed by atoms with Crippen LogP contribution in [0, 0.1) is 6.92 Å². The molecule has 1 aromatic carbocycles. The Bertz CT molecular complexity index is 485. The molecular formula is C10H10N2OS. The van der Waals surface area contributed by atoms with E-state index in [1.807, 2.05) is 25.1 Å². The van der Waals surface area contributed by atoms with Gasteiger partial charge < -0.3 is 4.74 Å². The molecule has 3 nitrogen and oxygen atoms in total. The van der Waals surface area contributed by atoms with Crippen LogP contribution in [-0.2, 0) is 0 Å². The van der Waals surface area contributed by atoms with Crippen molar-refractivity contribution in [2.24, 2.45) is 0 Å². The van der Waals surface area contributed by atoms with Gasteiger partial charge in [0.25, 0.3) is 0 Å². The summed E-state index contributed by atoms with van der Waals surface area (Å²) in [6, 6.07) is 5.67. The van der Waals surface area contributed by atoms with Gasteiger partial charge in [-0.05, 0) is 19.1 Å². The van der Waals surface area contributed by atoms with E-state index in [0.717, 1.165) is 22.5 Å². The van der Waals surface area contributed by atoms with E-state index in [9.17, 15) is 0 Å². The predicted octanol–water partition coefficient (Wildman–Crippen LogP) is 2.24. The number of aryl methyl sites for hydroxylation is 1. The van der Waals surface area contributed by atoms with Crippen molar-refractivity contribution in [1.29, 1.82) is 0 Å². The minimum atomic E-state index is 0.704. The molecule has 0 saturated carbocycles. The second-order valence-corrected chi connectivity index (χ2v) is 3.40. The molecule has 0 amide bonds. The quantitative estimate of drug-likeness (QED) is 0.574. The molecule has 0 N–H and O–H groups in total. The number of nitrogens with zero attached hydrogens (tertiary/aromatic N) is 2. The van der Waals surface area contributed by atoms with Crippen LogP contribution in [0.5, 0.6) is 5.75 Å². The predicted molar refractivity (Wildman–Crippen MR) is 58.1 cm³/mol. The number of methoxy groups -OCH3 is 1. The van der Waals surface area contributed by atoms with E-state index in [1.54, 1.807) is 7.11 Å². The largest absolute Gasteiger partial charge is 0.497 e. The topological polar surface area (TPSA) is 35.0 Å². The summed E-state index contributed by atoms with van der Waals surface area (Å²) in [6.07, 6.45) is 0. The lowest BCUT2D eigenvalue weighted by Gasteiger charge is -2.04. The van der Waals surface area contributed by atoms with E-state index in [2.05, 4.69) is 22.6 Å². The normalized spacial score (nSPS) is 10.5. The number of ether oxygens (including phenoxy) is 1. The maximum atomic E-state index is 5.12. The molecule has 1 aromatic heterocycles. The zero-order chi connectivity index (χ0) is 10.1. The van der Waals surface area contributed by atoms with Crippen molar-refractivity contribution in [2.45, 2.75) is 11.9 Å². The fraction of sp³-hybridized carbons (Fsp3) is 0.200. The van der Waals surface area contributed by atoms with Crippen LogP contribution in [0.2, 0.25) is 0 Å². The first-order valence-electron chi connectivity index (χ1n) is 4.22. The van der Waals surface area contributed by atoms with Crippen LogP contribution in [0.25, 0.3) is 10.9 Å². The van der Waals surface area contributed by atoms with E-state index < -0.39 is 0 Å². The van der Waals surface area contributed by atoms with Crippen molar-refractivity contribution in [3.8, 4) is 5.75 Å². The highest BCUT2D eigenvalue weighted by Gasteiger charge is 2.03. The minimum absolute atomic E-state index is 0.704. The van der Waals surface area contributed by atoms with Crippen molar-refractivity contribution < 1.29 is 4.74 Å². The van der Waals surface area contributed by atoms with E-state index >= 15 is 0 Å². The van der Waals surface area contributed by atoms with E-state index in [-0.39, 0.29) is 0 Å². The van der Waals surface area contributed by atoms with Crippen LogP contribution < -0.4 is 4.74 Å². The van der Waals surface area contributed by atoms with E-state index in [4.69, 9.17) is 4.74 Å². The summed E-state index contributed by atoms with van der Waals surface area (Å²) in [5.74, 6) is 1.51. The standard InChI is InChI=1S/C10H10N2OS/c1-6-11-9-5-7(13-2)3-4-8(9)10(14)12-6/h3-5H,1-2H3,(H,11,12,14). The number of hydrogen-bond donors (Lipinski definition) is 1. The number of benzene rings is 1. The Morgan fingerprint density at radius 1 is 1.29 bits per heavy atom. The Hall–Kier alpha value is -1.29. The van der Waals surface area contributed by atoms with Gasteiger partial charge in [0.15, 0.2) is 0 Å². The van der Waals surface area contributed by atoms with Crippen LogP contribution >= 0.6 is 12.6 Å². The van der Waals surface area contributed by atoms with Gasteiger partial charge in [-0.15, -0.1) is 12.6 Å². The molecule has 0 unspecified atom stereocenters. The second kappa shape index (κ2) is 3.46. The van der Waals surface area contributed by atoms with Gasteiger partial charge in [-0.25, -0.2) is 9.97 Å². The van der Waals surface area contributed by atoms with Gasteiger partial charge in [0.2, 0.25) is 0 Å². The van der Waals surface area contributed by atoms with Crippen molar-refractivity contribution in [1.82, 2.24) is 9.97 Å². The van der Waals surface area contributed by atoms with Gasteiger partial charge in [0.05, 0.1) is 12.6 Å². The summed E-state index contributed by atoms with van der Waals surface area (Å²) in [4.78, 5) is 8.47. The summed E-state index contributed by atoms with van der Waals surface area (Å²) in [5, 5.41) is 1.65. The Morgan fingerprint density at radius 3 is 2.79 bits per heavy atom. The maximum absolute atomic E-state index is 5.12. The molecule has 14 heavy (non-hydrogen) atoms. The molecule has 2 rings (SSSR count). The Kier molecular flexibility index (Phi) is 2.29. The molecule has 0 aliphatic carbocycles. The summed E-state index contributed by atoms with van der Waals surface area (Å²) in [6.45, 7) is 1.85. The molecule has 4 heteroatoms. The lowest BCUT2D eigenvalue weighted by atomic mass is 10.2. The van der Waals surface area contributed by atoms with Gasteiger partial charge >= 0.3 is 0 Å². The van der Waals surface area contributed by atoms with Crippen LogP contribution in [-0.4, -0.2) is 17.1 Å². The average Bonchev–Trinajstić information content (AvgIpc) is 2.16. The molecular weight excluding hydrogens is 196 g/mol. The average molecular weight is 206 g/mol. The van der Waals surface area contributed by atoms with Crippen LogP contribution in [0.15, 0.2) is 23.2 Å². The first-order chi connectivity index (χ1) is 6.70. The Morgan fingerprint density at radius 2 is 2.07 bits per heavy atom. The third-order valence-electron chi connectivity index (χ3n) is 2.00. The van der Waals surface area contributed by atoms with E-state index in [1.165, 1.54) is 0 Å². The van der Waals surface area contributed by atoms with Crippen molar-refractivity contribution in [3.05, 3.63) is 24.0 Å². The molecule has 0 fully saturated rings. The number of thiol groups is 1. The van der Waals surface area contributed by atoms with Gasteiger partial charge in [0, 0.05) is 11.5 Å². The fourth-order valence-corrected chi connectivity index (χ4v) is 1.67. The molecule has 0 saturated heterocycles. The minimum Gasteiger partial charge on any atom is -0.497 e. The van der Waals surface area contributed by atoms with Crippen LogP contribution in [0.3, 0.4) is 0 Å². The maximum Gasteiger partial charge on any atom is 0.127 e. The summed E-state index contributed by atoms with van der Waals surface area (Å²) >= 11 is 4.29. The molecule has 0 spiro atoms. The lowest BCUT2D eigenvalue weighted by molar-refractivity contribution is 0.415. The second-order valence-electron chi connectivity index (χ2n) is 2.98. The van der Waals surface area contributed by atoms with Crippen LogP contribution in [0.1, 0.15) is 5.82 Å². The third kappa shape index (κ3) is 1.53. The Balaban J connectivity index is 2.75. The van der Waals surface area contributed by atoms with Gasteiger partial charge in [0.1, 0.15) is 16.6 Å². The highest BCUT2D eigenvalue weighted by Crippen LogP contribution is 2.23. The highest BCUT2D eigenvalue weighted by molar-refractivity contribution is 7.80. The SMILES string of the molecule is COc1ccc2c(S)nc(C)nc2c1. The monoisotopic (exact) mass is 206 g/mol. The third-order valence-corrected chi connectivity index (χ3v) is 2.34. The molecule has 72 valence electrons. The van der Waals surface area contributed by atoms with E-state index in [0.29, 0.717) is 5.03 Å². The molecule has 0 bridgehead atoms. The molecule has 2 aromatic rings. The first-order valence-corrected chi connectivity index (χ1v) is 4.67. The van der Waals surface area contributed by atoms with Gasteiger partial charge in [-0.3, -0.25) is 0 Å². The smallest absolute Gasteiger partial charge is 0.127 e.